The average Bonchev–Trinajstić information content (AvgIpc) is 2.43. The lowest BCUT2D eigenvalue weighted by molar-refractivity contribution is 0.612. The molecule has 0 aromatic carbocycles. The third-order valence-electron chi connectivity index (χ3n) is 3.51. The Kier molecular flexibility index (Phi) is 19.0. The van der Waals surface area contributed by atoms with Crippen LogP contribution in [-0.2, 0) is 0 Å². The zero-order valence-electron chi connectivity index (χ0n) is 12.7. The van der Waals surface area contributed by atoms with Crippen LogP contribution in [0.4, 0.5) is 0 Å². The molecule has 0 saturated heterocycles. The normalized spacial score (nSPS) is 11.5. The fraction of sp³-hybridized carbons (Fsp3) is 0.882. The summed E-state index contributed by atoms with van der Waals surface area (Å²) in [5.74, 6) is 0.942. The van der Waals surface area contributed by atoms with Gasteiger partial charge in [-0.3, -0.25) is 0 Å². The Balaban J connectivity index is 3.01. The van der Waals surface area contributed by atoms with E-state index in [0.29, 0.717) is 0 Å². The molecule has 0 aromatic heterocycles. The van der Waals surface area contributed by atoms with E-state index in [1.807, 2.05) is 0 Å². The van der Waals surface area contributed by atoms with Gasteiger partial charge < -0.3 is 0 Å². The Morgan fingerprint density at radius 3 is 1.47 bits per heavy atom. The van der Waals surface area contributed by atoms with Crippen LogP contribution in [0.3, 0.4) is 0 Å². The van der Waals surface area contributed by atoms with Crippen molar-refractivity contribution < 1.29 is 0 Å². The highest BCUT2D eigenvalue weighted by Gasteiger charge is 1.90. The van der Waals surface area contributed by atoms with Gasteiger partial charge >= 0.3 is 0 Å². The van der Waals surface area contributed by atoms with Crippen molar-refractivity contribution in [3.05, 3.63) is 12.2 Å². The number of hydrogen-bond acceptors (Lipinski definition) is 0. The van der Waals surface area contributed by atoms with Crippen LogP contribution in [0.15, 0.2) is 12.2 Å². The van der Waals surface area contributed by atoms with Crippen LogP contribution in [0, 0.1) is 0 Å². The van der Waals surface area contributed by atoms with Gasteiger partial charge in [0.1, 0.15) is 0 Å². The first kappa shape index (κ1) is 19.5. The van der Waals surface area contributed by atoms with Crippen molar-refractivity contribution in [2.24, 2.45) is 0 Å². The van der Waals surface area contributed by atoms with Gasteiger partial charge in [0.05, 0.1) is 0 Å². The minimum absolute atomic E-state index is 0.942. The van der Waals surface area contributed by atoms with Gasteiger partial charge in [-0.15, -0.1) is 9.24 Å². The van der Waals surface area contributed by atoms with Crippen molar-refractivity contribution in [2.75, 3.05) is 11.9 Å². The van der Waals surface area contributed by atoms with Gasteiger partial charge in [0.15, 0.2) is 0 Å². The fourth-order valence-electron chi connectivity index (χ4n) is 2.24. The van der Waals surface area contributed by atoms with Crippen molar-refractivity contribution in [1.29, 1.82) is 0 Å². The molecule has 0 heterocycles. The van der Waals surface area contributed by atoms with E-state index in [4.69, 9.17) is 12.6 Å². The van der Waals surface area contributed by atoms with Crippen LogP contribution in [0.5, 0.6) is 0 Å². The molecule has 1 atom stereocenters. The minimum Gasteiger partial charge on any atom is -0.138 e. The maximum atomic E-state index is 4.94. The van der Waals surface area contributed by atoms with E-state index in [0.717, 1.165) is 5.75 Å². The lowest BCUT2D eigenvalue weighted by Gasteiger charge is -1.99. The molecule has 0 aliphatic carbocycles. The smallest absolute Gasteiger partial charge is 0.00369 e. The third-order valence-corrected chi connectivity index (χ3v) is 4.20. The largest absolute Gasteiger partial charge is 0.138 e. The monoisotopic (exact) mass is 301 g/mol. The summed E-state index contributed by atoms with van der Waals surface area (Å²) in [4.78, 5) is 0. The Morgan fingerprint density at radius 2 is 1.00 bits per heavy atom. The van der Waals surface area contributed by atoms with E-state index in [2.05, 4.69) is 21.4 Å². The number of rotatable bonds is 15. The lowest BCUT2D eigenvalue weighted by Crippen LogP contribution is -1.80. The predicted molar refractivity (Wildman–Crippen MR) is 96.2 cm³/mol. The second-order valence-corrected chi connectivity index (χ2v) is 6.42. The molecule has 0 amide bonds. The van der Waals surface area contributed by atoms with Gasteiger partial charge in [0.2, 0.25) is 0 Å². The average molecular weight is 301 g/mol. The lowest BCUT2D eigenvalue weighted by atomic mass is 10.1. The van der Waals surface area contributed by atoms with Crippen LogP contribution >= 0.6 is 21.9 Å². The summed E-state index contributed by atoms with van der Waals surface area (Å²) in [7, 11) is 2.81. The van der Waals surface area contributed by atoms with Crippen LogP contribution in [0.25, 0.3) is 0 Å². The minimum atomic E-state index is 0.942. The zero-order valence-corrected chi connectivity index (χ0v) is 14.7. The van der Waals surface area contributed by atoms with Crippen molar-refractivity contribution in [3.8, 4) is 0 Å². The first-order valence-electron chi connectivity index (χ1n) is 8.35. The molecule has 0 aliphatic heterocycles. The second kappa shape index (κ2) is 18.5. The van der Waals surface area contributed by atoms with Crippen LogP contribution in [0.1, 0.15) is 83.5 Å². The summed E-state index contributed by atoms with van der Waals surface area (Å²) in [6, 6.07) is 0. The molecule has 0 saturated carbocycles. The molecule has 1 unspecified atom stereocenters. The molecule has 1 radical (unpaired) electrons. The molecule has 2 heteroatoms. The number of allylic oxidation sites excluding steroid dienone is 2. The molecule has 0 bridgehead atoms. The van der Waals surface area contributed by atoms with E-state index in [1.165, 1.54) is 89.6 Å². The number of unbranched alkanes of at least 4 members (excludes halogenated alkanes) is 11. The van der Waals surface area contributed by atoms with Gasteiger partial charge in [-0.25, -0.2) is 0 Å². The molecule has 113 valence electrons. The highest BCUT2D eigenvalue weighted by atomic mass is 32.1. The highest BCUT2D eigenvalue weighted by Crippen LogP contribution is 2.09. The molecule has 0 rings (SSSR count). The Hall–Kier alpha value is 0.520. The molecule has 0 N–H and O–H groups in total. The van der Waals surface area contributed by atoms with Crippen LogP contribution in [-0.4, -0.2) is 11.9 Å². The molecular weight excluding hydrogens is 267 g/mol. The van der Waals surface area contributed by atoms with Crippen molar-refractivity contribution >= 4 is 21.9 Å². The molecule has 0 spiro atoms. The maximum Gasteiger partial charge on any atom is 0.00369 e. The van der Waals surface area contributed by atoms with E-state index in [9.17, 15) is 0 Å². The van der Waals surface area contributed by atoms with E-state index in [-0.39, 0.29) is 0 Å². The molecule has 0 nitrogen and oxygen atoms in total. The van der Waals surface area contributed by atoms with Crippen molar-refractivity contribution in [1.82, 2.24) is 0 Å². The first-order valence-corrected chi connectivity index (χ1v) is 9.74. The SMILES string of the molecule is PCCCCCCCC/C=C\CCCCCCC[S]. The standard InChI is InChI=1S/C17H34PS/c18-16-14-12-10-8-6-4-2-1-3-5-7-9-11-13-15-17-19/h1,3H,2,4-18H2/b3-1-. The van der Waals surface area contributed by atoms with Gasteiger partial charge in [-0.2, -0.15) is 0 Å². The summed E-state index contributed by atoms with van der Waals surface area (Å²) in [6.45, 7) is 0. The van der Waals surface area contributed by atoms with Gasteiger partial charge in [0.25, 0.3) is 0 Å². The molecule has 0 aliphatic rings. The van der Waals surface area contributed by atoms with Crippen LogP contribution < -0.4 is 0 Å². The van der Waals surface area contributed by atoms with Gasteiger partial charge in [-0.05, 0) is 44.7 Å². The summed E-state index contributed by atoms with van der Waals surface area (Å²) in [5, 5.41) is 0. The second-order valence-electron chi connectivity index (χ2n) is 5.43. The van der Waals surface area contributed by atoms with E-state index >= 15 is 0 Å². The topological polar surface area (TPSA) is 0 Å². The third kappa shape index (κ3) is 18.5. The van der Waals surface area contributed by atoms with Crippen LogP contribution in [0.2, 0.25) is 0 Å². The molecule has 19 heavy (non-hydrogen) atoms. The fourth-order valence-corrected chi connectivity index (χ4v) is 2.74. The number of hydrogen-bond donors (Lipinski definition) is 0. The first-order chi connectivity index (χ1) is 9.41. The molecular formula is C17H34PS. The summed E-state index contributed by atoms with van der Waals surface area (Å²) in [5.41, 5.74) is 0. The quantitative estimate of drug-likeness (QED) is 0.180. The Bertz CT molecular complexity index is 180. The molecule has 0 fully saturated rings. The maximum absolute atomic E-state index is 4.94. The van der Waals surface area contributed by atoms with E-state index < -0.39 is 0 Å². The van der Waals surface area contributed by atoms with Gasteiger partial charge in [0, 0.05) is 5.75 Å². The van der Waals surface area contributed by atoms with Crippen molar-refractivity contribution in [2.45, 2.75) is 83.5 Å². The zero-order chi connectivity index (χ0) is 14.0. The predicted octanol–water partition coefficient (Wildman–Crippen LogP) is 6.69. The summed E-state index contributed by atoms with van der Waals surface area (Å²) >= 11 is 4.94. The summed E-state index contributed by atoms with van der Waals surface area (Å²) < 4.78 is 0. The Labute approximate surface area is 129 Å². The van der Waals surface area contributed by atoms with Crippen molar-refractivity contribution in [3.63, 3.8) is 0 Å². The highest BCUT2D eigenvalue weighted by molar-refractivity contribution is 7.80. The van der Waals surface area contributed by atoms with Gasteiger partial charge in [-0.1, -0.05) is 69.7 Å². The van der Waals surface area contributed by atoms with E-state index in [1.54, 1.807) is 0 Å². The summed E-state index contributed by atoms with van der Waals surface area (Å²) in [6.07, 6.45) is 23.8. The Morgan fingerprint density at radius 1 is 0.579 bits per heavy atom. The molecule has 0 aromatic rings.